The van der Waals surface area contributed by atoms with E-state index in [9.17, 15) is 4.79 Å². The van der Waals surface area contributed by atoms with Crippen LogP contribution in [0.3, 0.4) is 0 Å². The lowest BCUT2D eigenvalue weighted by atomic mass is 10.3. The Hall–Kier alpha value is -3.29. The summed E-state index contributed by atoms with van der Waals surface area (Å²) in [6, 6.07) is 9.04. The topological polar surface area (TPSA) is 111 Å². The van der Waals surface area contributed by atoms with Gasteiger partial charge in [-0.3, -0.25) is 9.89 Å². The molecule has 0 fully saturated rings. The fourth-order valence-corrected chi connectivity index (χ4v) is 2.13. The van der Waals surface area contributed by atoms with Crippen LogP contribution in [0.5, 0.6) is 5.75 Å². The molecule has 2 heterocycles. The number of hydrogen-bond acceptors (Lipinski definition) is 5. The van der Waals surface area contributed by atoms with Gasteiger partial charge in [-0.05, 0) is 12.1 Å². The molecule has 0 atom stereocenters. The molecule has 3 aromatic rings. The van der Waals surface area contributed by atoms with Gasteiger partial charge in [0.2, 0.25) is 0 Å². The van der Waals surface area contributed by atoms with E-state index in [0.29, 0.717) is 12.2 Å². The number of aromatic nitrogens is 4. The van der Waals surface area contributed by atoms with Crippen molar-refractivity contribution >= 4 is 11.7 Å². The Kier molecular flexibility index (Phi) is 3.96. The molecule has 1 amide bonds. The minimum Gasteiger partial charge on any atom is -0.494 e. The molecule has 0 aliphatic carbocycles. The fraction of sp³-hybridized carbons (Fsp3) is 0.133. The summed E-state index contributed by atoms with van der Waals surface area (Å²) in [6.45, 7) is 0.340. The van der Waals surface area contributed by atoms with Crippen LogP contribution in [0.25, 0.3) is 5.69 Å². The predicted octanol–water partition coefficient (Wildman–Crippen LogP) is 1.12. The van der Waals surface area contributed by atoms with Gasteiger partial charge in [-0.15, -0.1) is 0 Å². The summed E-state index contributed by atoms with van der Waals surface area (Å²) < 4.78 is 7.02. The highest BCUT2D eigenvalue weighted by molar-refractivity contribution is 5.92. The Morgan fingerprint density at radius 3 is 3.00 bits per heavy atom. The highest BCUT2D eigenvalue weighted by Crippen LogP contribution is 2.21. The van der Waals surface area contributed by atoms with E-state index in [1.807, 2.05) is 30.5 Å². The first-order valence-electron chi connectivity index (χ1n) is 6.93. The van der Waals surface area contributed by atoms with Gasteiger partial charge in [-0.1, -0.05) is 12.1 Å². The maximum atomic E-state index is 11.9. The zero-order chi connectivity index (χ0) is 16.2. The Morgan fingerprint density at radius 1 is 1.43 bits per heavy atom. The molecule has 2 aromatic heterocycles. The van der Waals surface area contributed by atoms with Crippen LogP contribution in [-0.2, 0) is 6.54 Å². The third-order valence-electron chi connectivity index (χ3n) is 3.26. The summed E-state index contributed by atoms with van der Waals surface area (Å²) in [4.78, 5) is 11.9. The lowest BCUT2D eigenvalue weighted by Gasteiger charge is -2.07. The number of amides is 1. The molecule has 0 aliphatic rings. The zero-order valence-corrected chi connectivity index (χ0v) is 12.5. The molecule has 0 spiro atoms. The number of hydrogen-bond donors (Lipinski definition) is 3. The molecule has 0 aliphatic heterocycles. The first kappa shape index (κ1) is 14.6. The van der Waals surface area contributed by atoms with E-state index in [-0.39, 0.29) is 11.7 Å². The van der Waals surface area contributed by atoms with Crippen LogP contribution in [-0.4, -0.2) is 33.0 Å². The Balaban J connectivity index is 1.69. The Morgan fingerprint density at radius 2 is 2.26 bits per heavy atom. The van der Waals surface area contributed by atoms with Crippen molar-refractivity contribution in [1.29, 1.82) is 0 Å². The molecule has 8 nitrogen and oxygen atoms in total. The second-order valence-electron chi connectivity index (χ2n) is 4.85. The van der Waals surface area contributed by atoms with Crippen LogP contribution in [0.1, 0.15) is 16.1 Å². The smallest absolute Gasteiger partial charge is 0.269 e. The van der Waals surface area contributed by atoms with Gasteiger partial charge >= 0.3 is 0 Å². The van der Waals surface area contributed by atoms with Crippen molar-refractivity contribution in [2.24, 2.45) is 0 Å². The number of rotatable bonds is 5. The first-order chi connectivity index (χ1) is 11.2. The molecule has 8 heteroatoms. The van der Waals surface area contributed by atoms with Crippen molar-refractivity contribution < 1.29 is 9.53 Å². The summed E-state index contributed by atoms with van der Waals surface area (Å²) >= 11 is 0. The monoisotopic (exact) mass is 312 g/mol. The fourth-order valence-electron chi connectivity index (χ4n) is 2.13. The molecule has 118 valence electrons. The average Bonchev–Trinajstić information content (AvgIpc) is 3.21. The number of benzene rings is 1. The zero-order valence-electron chi connectivity index (χ0n) is 12.5. The maximum Gasteiger partial charge on any atom is 0.269 e. The molecule has 3 rings (SSSR count). The molecular formula is C15H16N6O2. The van der Waals surface area contributed by atoms with Crippen molar-refractivity contribution in [2.45, 2.75) is 6.54 Å². The standard InChI is InChI=1S/C15H16N6O2/c1-23-13-5-3-2-4-12(13)21-9-10(8-18-21)7-17-15(22)11-6-14(16)20-19-11/h2-6,8-9H,7H2,1H3,(H,17,22)(H3,16,19,20). The minimum absolute atomic E-state index is 0.277. The van der Waals surface area contributed by atoms with Crippen LogP contribution in [0, 0.1) is 0 Å². The quantitative estimate of drug-likeness (QED) is 0.653. The van der Waals surface area contributed by atoms with Gasteiger partial charge in [-0.25, -0.2) is 4.68 Å². The largest absolute Gasteiger partial charge is 0.494 e. The van der Waals surface area contributed by atoms with Crippen molar-refractivity contribution in [3.63, 3.8) is 0 Å². The number of ether oxygens (including phenoxy) is 1. The lowest BCUT2D eigenvalue weighted by molar-refractivity contribution is 0.0946. The summed E-state index contributed by atoms with van der Waals surface area (Å²) in [5.74, 6) is 0.720. The summed E-state index contributed by atoms with van der Waals surface area (Å²) in [5.41, 5.74) is 7.48. The van der Waals surface area contributed by atoms with Crippen LogP contribution in [0.2, 0.25) is 0 Å². The number of nitrogens with two attached hydrogens (primary N) is 1. The van der Waals surface area contributed by atoms with Crippen molar-refractivity contribution in [2.75, 3.05) is 12.8 Å². The second-order valence-corrected chi connectivity index (χ2v) is 4.85. The number of carbonyl (C=O) groups excluding carboxylic acids is 1. The van der Waals surface area contributed by atoms with Gasteiger partial charge in [-0.2, -0.15) is 10.2 Å². The Labute approximate surface area is 132 Å². The van der Waals surface area contributed by atoms with Gasteiger partial charge in [0.1, 0.15) is 22.9 Å². The molecule has 23 heavy (non-hydrogen) atoms. The summed E-state index contributed by atoms with van der Waals surface area (Å²) in [6.07, 6.45) is 3.52. The molecule has 1 aromatic carbocycles. The van der Waals surface area contributed by atoms with Gasteiger partial charge in [0.25, 0.3) is 5.91 Å². The van der Waals surface area contributed by atoms with Crippen molar-refractivity contribution in [1.82, 2.24) is 25.3 Å². The van der Waals surface area contributed by atoms with E-state index >= 15 is 0 Å². The first-order valence-corrected chi connectivity index (χ1v) is 6.93. The summed E-state index contributed by atoms with van der Waals surface area (Å²) in [5, 5.41) is 13.3. The third kappa shape index (κ3) is 3.15. The molecule has 0 radical (unpaired) electrons. The van der Waals surface area contributed by atoms with Gasteiger partial charge < -0.3 is 15.8 Å². The number of nitrogens with zero attached hydrogens (tertiary/aromatic N) is 3. The van der Waals surface area contributed by atoms with Gasteiger partial charge in [0.05, 0.1) is 13.3 Å². The SMILES string of the molecule is COc1ccccc1-n1cc(CNC(=O)c2cc(N)n[nH]2)cn1. The number of H-pyrrole nitrogens is 1. The average molecular weight is 312 g/mol. The molecular weight excluding hydrogens is 296 g/mol. The van der Waals surface area contributed by atoms with Crippen LogP contribution in [0.4, 0.5) is 5.82 Å². The van der Waals surface area contributed by atoms with Gasteiger partial charge in [0.15, 0.2) is 0 Å². The van der Waals surface area contributed by atoms with Crippen molar-refractivity contribution in [3.05, 3.63) is 54.0 Å². The van der Waals surface area contributed by atoms with E-state index in [2.05, 4.69) is 20.6 Å². The number of anilines is 1. The highest BCUT2D eigenvalue weighted by atomic mass is 16.5. The molecule has 4 N–H and O–H groups in total. The van der Waals surface area contributed by atoms with E-state index in [0.717, 1.165) is 17.0 Å². The van der Waals surface area contributed by atoms with E-state index < -0.39 is 0 Å². The molecule has 0 bridgehead atoms. The van der Waals surface area contributed by atoms with E-state index in [4.69, 9.17) is 10.5 Å². The molecule has 0 saturated carbocycles. The van der Waals surface area contributed by atoms with E-state index in [1.54, 1.807) is 18.0 Å². The number of carbonyl (C=O) groups is 1. The minimum atomic E-state index is -0.278. The van der Waals surface area contributed by atoms with E-state index in [1.165, 1.54) is 6.07 Å². The number of methoxy groups -OCH3 is 1. The molecule has 0 saturated heterocycles. The normalized spacial score (nSPS) is 10.5. The maximum absolute atomic E-state index is 11.9. The van der Waals surface area contributed by atoms with Crippen molar-refractivity contribution in [3.8, 4) is 11.4 Å². The highest BCUT2D eigenvalue weighted by Gasteiger charge is 2.10. The van der Waals surface area contributed by atoms with Gasteiger partial charge in [0, 0.05) is 24.4 Å². The Bertz CT molecular complexity index is 823. The van der Waals surface area contributed by atoms with Crippen LogP contribution < -0.4 is 15.8 Å². The lowest BCUT2D eigenvalue weighted by Crippen LogP contribution is -2.22. The number of nitrogens with one attached hydrogen (secondary N) is 2. The molecule has 0 unspecified atom stereocenters. The van der Waals surface area contributed by atoms with Crippen LogP contribution >= 0.6 is 0 Å². The predicted molar refractivity (Wildman–Crippen MR) is 84.3 cm³/mol. The number of aromatic amines is 1. The number of nitrogen functional groups attached to an aromatic ring is 1. The van der Waals surface area contributed by atoms with Crippen LogP contribution in [0.15, 0.2) is 42.7 Å². The second kappa shape index (κ2) is 6.22. The third-order valence-corrected chi connectivity index (χ3v) is 3.26. The summed E-state index contributed by atoms with van der Waals surface area (Å²) in [7, 11) is 1.61. The number of para-hydroxylation sites is 2.